The lowest BCUT2D eigenvalue weighted by Crippen LogP contribution is -2.52. The summed E-state index contributed by atoms with van der Waals surface area (Å²) >= 11 is 0. The monoisotopic (exact) mass is 284 g/mol. The van der Waals surface area contributed by atoms with Crippen LogP contribution in [-0.2, 0) is 4.79 Å². The third-order valence-corrected chi connectivity index (χ3v) is 4.76. The van der Waals surface area contributed by atoms with Crippen molar-refractivity contribution in [1.29, 1.82) is 0 Å². The molecule has 1 aliphatic heterocycles. The molecule has 20 heavy (non-hydrogen) atoms. The summed E-state index contributed by atoms with van der Waals surface area (Å²) in [4.78, 5) is 25.1. The Hall–Kier alpha value is -1.26. The molecule has 0 aliphatic carbocycles. The number of likely N-dealkylation sites (tertiary alicyclic amines) is 1. The van der Waals surface area contributed by atoms with Gasteiger partial charge in [-0.05, 0) is 31.1 Å². The molecule has 0 aromatic heterocycles. The summed E-state index contributed by atoms with van der Waals surface area (Å²) in [6.07, 6.45) is 1.37. The Bertz CT molecular complexity index is 379. The number of hydrogen-bond acceptors (Lipinski definition) is 2. The fourth-order valence-corrected chi connectivity index (χ4v) is 2.21. The highest BCUT2D eigenvalue weighted by Gasteiger charge is 2.39. The van der Waals surface area contributed by atoms with Crippen molar-refractivity contribution in [2.75, 3.05) is 19.6 Å². The molecule has 0 radical (unpaired) electrons. The van der Waals surface area contributed by atoms with Gasteiger partial charge in [0, 0.05) is 19.6 Å². The molecule has 1 fully saturated rings. The van der Waals surface area contributed by atoms with Gasteiger partial charge >= 0.3 is 12.0 Å². The highest BCUT2D eigenvalue weighted by molar-refractivity contribution is 5.78. The van der Waals surface area contributed by atoms with Crippen LogP contribution in [0.25, 0.3) is 0 Å². The van der Waals surface area contributed by atoms with E-state index < -0.39 is 11.4 Å². The number of aliphatic carboxylic acids is 1. The number of rotatable bonds is 4. The molecule has 0 bridgehead atoms. The van der Waals surface area contributed by atoms with Crippen molar-refractivity contribution >= 4 is 12.0 Å². The van der Waals surface area contributed by atoms with Gasteiger partial charge in [0.25, 0.3) is 0 Å². The molecule has 1 atom stereocenters. The van der Waals surface area contributed by atoms with Gasteiger partial charge in [-0.25, -0.2) is 4.79 Å². The Morgan fingerprint density at radius 3 is 2.50 bits per heavy atom. The van der Waals surface area contributed by atoms with Gasteiger partial charge in [0.05, 0.1) is 5.41 Å². The Labute approximate surface area is 121 Å². The van der Waals surface area contributed by atoms with Crippen molar-refractivity contribution in [2.45, 2.75) is 47.5 Å². The van der Waals surface area contributed by atoms with Crippen molar-refractivity contribution < 1.29 is 14.7 Å². The number of carboxylic acids is 1. The van der Waals surface area contributed by atoms with Gasteiger partial charge in [-0.3, -0.25) is 4.79 Å². The fraction of sp³-hybridized carbons (Fsp3) is 0.867. The minimum absolute atomic E-state index is 0.0293. The van der Waals surface area contributed by atoms with Crippen molar-refractivity contribution in [3.05, 3.63) is 0 Å². The molecule has 1 unspecified atom stereocenters. The van der Waals surface area contributed by atoms with Gasteiger partial charge in [-0.2, -0.15) is 0 Å². The van der Waals surface area contributed by atoms with Crippen LogP contribution in [0.1, 0.15) is 47.5 Å². The first-order valence-corrected chi connectivity index (χ1v) is 7.35. The Morgan fingerprint density at radius 2 is 2.00 bits per heavy atom. The standard InChI is InChI=1S/C15H28N2O3/c1-11(2)14(3,4)9-16-13(20)17-8-6-7-15(5,10-17)12(18)19/h11H,6-10H2,1-5H3,(H,16,20)(H,18,19). The van der Waals surface area contributed by atoms with Crippen LogP contribution in [0.3, 0.4) is 0 Å². The first kappa shape index (κ1) is 16.8. The summed E-state index contributed by atoms with van der Waals surface area (Å²) in [7, 11) is 0. The highest BCUT2D eigenvalue weighted by atomic mass is 16.4. The number of nitrogens with zero attached hydrogens (tertiary/aromatic N) is 1. The van der Waals surface area contributed by atoms with Crippen LogP contribution in [0.5, 0.6) is 0 Å². The number of carbonyl (C=O) groups is 2. The molecule has 0 saturated carbocycles. The van der Waals surface area contributed by atoms with E-state index in [4.69, 9.17) is 0 Å². The molecule has 1 heterocycles. The fourth-order valence-electron chi connectivity index (χ4n) is 2.21. The SMILES string of the molecule is CC(C)C(C)(C)CNC(=O)N1CCCC(C)(C(=O)O)C1. The van der Waals surface area contributed by atoms with E-state index in [-0.39, 0.29) is 18.0 Å². The largest absolute Gasteiger partial charge is 0.481 e. The number of hydrogen-bond donors (Lipinski definition) is 2. The molecule has 1 aliphatic rings. The average molecular weight is 284 g/mol. The summed E-state index contributed by atoms with van der Waals surface area (Å²) in [5, 5.41) is 12.2. The summed E-state index contributed by atoms with van der Waals surface area (Å²) < 4.78 is 0. The smallest absolute Gasteiger partial charge is 0.317 e. The van der Waals surface area contributed by atoms with Gasteiger partial charge < -0.3 is 15.3 Å². The van der Waals surface area contributed by atoms with Crippen LogP contribution in [0.2, 0.25) is 0 Å². The lowest BCUT2D eigenvalue weighted by Gasteiger charge is -2.38. The van der Waals surface area contributed by atoms with Crippen molar-refractivity contribution in [3.63, 3.8) is 0 Å². The zero-order chi connectivity index (χ0) is 15.6. The van der Waals surface area contributed by atoms with Crippen LogP contribution in [-0.4, -0.2) is 41.6 Å². The van der Waals surface area contributed by atoms with E-state index in [1.807, 2.05) is 0 Å². The molecule has 0 aromatic rings. The maximum absolute atomic E-state index is 12.2. The van der Waals surface area contributed by atoms with E-state index in [1.54, 1.807) is 11.8 Å². The van der Waals surface area contributed by atoms with Gasteiger partial charge in [0.2, 0.25) is 0 Å². The quantitative estimate of drug-likeness (QED) is 0.833. The molecule has 5 nitrogen and oxygen atoms in total. The molecule has 0 aromatic carbocycles. The molecule has 5 heteroatoms. The predicted octanol–water partition coefficient (Wildman–Crippen LogP) is 2.56. The molecular weight excluding hydrogens is 256 g/mol. The van der Waals surface area contributed by atoms with E-state index >= 15 is 0 Å². The number of urea groups is 1. The Kier molecular flexibility index (Phi) is 5.05. The number of nitrogens with one attached hydrogen (secondary N) is 1. The third kappa shape index (κ3) is 3.87. The minimum Gasteiger partial charge on any atom is -0.481 e. The summed E-state index contributed by atoms with van der Waals surface area (Å²) in [6, 6.07) is -0.147. The maximum atomic E-state index is 12.2. The second-order valence-corrected chi connectivity index (χ2v) is 7.19. The van der Waals surface area contributed by atoms with Crippen LogP contribution in [0.4, 0.5) is 4.79 Å². The van der Waals surface area contributed by atoms with Crippen LogP contribution < -0.4 is 5.32 Å². The van der Waals surface area contributed by atoms with E-state index in [9.17, 15) is 14.7 Å². The van der Waals surface area contributed by atoms with Crippen molar-refractivity contribution in [2.24, 2.45) is 16.7 Å². The van der Waals surface area contributed by atoms with Crippen LogP contribution in [0.15, 0.2) is 0 Å². The van der Waals surface area contributed by atoms with E-state index in [1.165, 1.54) is 0 Å². The topological polar surface area (TPSA) is 69.6 Å². The van der Waals surface area contributed by atoms with Crippen molar-refractivity contribution in [3.8, 4) is 0 Å². The molecule has 1 saturated heterocycles. The van der Waals surface area contributed by atoms with Gasteiger partial charge in [0.1, 0.15) is 0 Å². The van der Waals surface area contributed by atoms with E-state index in [2.05, 4.69) is 33.0 Å². The Morgan fingerprint density at radius 1 is 1.40 bits per heavy atom. The van der Waals surface area contributed by atoms with Crippen molar-refractivity contribution in [1.82, 2.24) is 10.2 Å². The summed E-state index contributed by atoms with van der Waals surface area (Å²) in [6.45, 7) is 11.7. The summed E-state index contributed by atoms with van der Waals surface area (Å²) in [5.41, 5.74) is -0.787. The zero-order valence-corrected chi connectivity index (χ0v) is 13.3. The number of carboxylic acid groups (broad SMARTS) is 1. The lowest BCUT2D eigenvalue weighted by molar-refractivity contribution is -0.150. The maximum Gasteiger partial charge on any atom is 0.317 e. The lowest BCUT2D eigenvalue weighted by atomic mass is 9.81. The van der Waals surface area contributed by atoms with Gasteiger partial charge in [-0.15, -0.1) is 0 Å². The zero-order valence-electron chi connectivity index (χ0n) is 13.3. The molecule has 2 amide bonds. The summed E-state index contributed by atoms with van der Waals surface area (Å²) in [5.74, 6) is -0.356. The van der Waals surface area contributed by atoms with Gasteiger partial charge in [-0.1, -0.05) is 27.7 Å². The number of amides is 2. The highest BCUT2D eigenvalue weighted by Crippen LogP contribution is 2.30. The van der Waals surface area contributed by atoms with E-state index in [0.29, 0.717) is 25.4 Å². The molecule has 116 valence electrons. The predicted molar refractivity (Wildman–Crippen MR) is 78.6 cm³/mol. The molecule has 2 N–H and O–H groups in total. The second kappa shape index (κ2) is 6.02. The van der Waals surface area contributed by atoms with Crippen LogP contribution in [0, 0.1) is 16.7 Å². The van der Waals surface area contributed by atoms with Gasteiger partial charge in [0.15, 0.2) is 0 Å². The third-order valence-electron chi connectivity index (χ3n) is 4.76. The molecular formula is C15H28N2O3. The first-order chi connectivity index (χ1) is 9.08. The normalized spacial score (nSPS) is 23.8. The van der Waals surface area contributed by atoms with E-state index in [0.717, 1.165) is 6.42 Å². The number of carbonyl (C=O) groups excluding carboxylic acids is 1. The number of piperidine rings is 1. The molecule has 1 rings (SSSR count). The van der Waals surface area contributed by atoms with Crippen LogP contribution >= 0.6 is 0 Å². The minimum atomic E-state index is -0.822. The second-order valence-electron chi connectivity index (χ2n) is 7.19. The Balaban J connectivity index is 2.58. The average Bonchev–Trinajstić information content (AvgIpc) is 2.35. The molecule has 0 spiro atoms. The first-order valence-electron chi connectivity index (χ1n) is 7.35.